The predicted molar refractivity (Wildman–Crippen MR) is 160 cm³/mol. The Kier molecular flexibility index (Phi) is 15.6. The van der Waals surface area contributed by atoms with Crippen molar-refractivity contribution in [2.24, 2.45) is 0 Å². The van der Waals surface area contributed by atoms with Crippen molar-refractivity contribution in [1.29, 1.82) is 0 Å². The molecule has 1 N–H and O–H groups in total. The number of benzene rings is 5. The Bertz CT molecular complexity index is 1500. The van der Waals surface area contributed by atoms with Crippen LogP contribution in [0.25, 0.3) is 27.3 Å². The van der Waals surface area contributed by atoms with E-state index >= 15 is 0 Å². The molecule has 2 nitrogen and oxygen atoms in total. The van der Waals surface area contributed by atoms with Crippen molar-refractivity contribution in [2.45, 2.75) is 13.8 Å². The summed E-state index contributed by atoms with van der Waals surface area (Å²) in [5.74, 6) is -0.614. The van der Waals surface area contributed by atoms with Crippen LogP contribution in [-0.2, 0) is 25.8 Å². The molecule has 0 saturated heterocycles. The first-order valence-corrected chi connectivity index (χ1v) is 13.2. The number of hydrogen-bond donors (Lipinski definition) is 0. The topological polar surface area (TPSA) is 40.9 Å². The fourth-order valence-corrected chi connectivity index (χ4v) is 5.27. The van der Waals surface area contributed by atoms with Crippen LogP contribution in [0.5, 0.6) is 0 Å². The van der Waals surface area contributed by atoms with Gasteiger partial charge in [0.15, 0.2) is 0 Å². The number of hydrogen-bond acceptors (Lipinski definition) is 1. The molecule has 6 rings (SSSR count). The van der Waals surface area contributed by atoms with E-state index in [1.807, 2.05) is 19.9 Å². The summed E-state index contributed by atoms with van der Waals surface area (Å²) in [6, 6.07) is 45.9. The van der Waals surface area contributed by atoms with E-state index in [0.29, 0.717) is 5.56 Å². The number of aryl methyl sites for hydroxylation is 2. The van der Waals surface area contributed by atoms with Crippen LogP contribution in [0.2, 0.25) is 0 Å². The molecule has 0 fully saturated rings. The summed E-state index contributed by atoms with van der Waals surface area (Å²) in [5.41, 5.74) is 9.40. The molecule has 6 heteroatoms. The molecule has 6 aromatic rings. The van der Waals surface area contributed by atoms with Gasteiger partial charge in [-0.25, -0.2) is 0 Å². The van der Waals surface area contributed by atoms with Gasteiger partial charge >= 0.3 is 25.8 Å². The summed E-state index contributed by atoms with van der Waals surface area (Å²) < 4.78 is 0. The predicted octanol–water partition coefficient (Wildman–Crippen LogP) is 1.55. The van der Waals surface area contributed by atoms with Crippen molar-refractivity contribution in [3.63, 3.8) is 0 Å². The third kappa shape index (κ3) is 10.3. The Labute approximate surface area is 270 Å². The van der Waals surface area contributed by atoms with E-state index in [2.05, 4.69) is 115 Å². The van der Waals surface area contributed by atoms with Crippen molar-refractivity contribution in [1.82, 2.24) is 0 Å². The van der Waals surface area contributed by atoms with Crippen LogP contribution < -0.4 is 35.2 Å². The monoisotopic (exact) mass is 745 g/mol. The zero-order valence-electron chi connectivity index (χ0n) is 22.4. The number of amides is 1. The Balaban J connectivity index is 0.000000291. The molecule has 0 aromatic heterocycles. The average molecular weight is 745 g/mol. The molecule has 0 heterocycles. The second-order valence-corrected chi connectivity index (χ2v) is 10.3. The first-order valence-electron chi connectivity index (χ1n) is 12.2. The molecule has 40 heavy (non-hydrogen) atoms. The van der Waals surface area contributed by atoms with Gasteiger partial charge in [0.1, 0.15) is 9.52 Å². The van der Waals surface area contributed by atoms with Gasteiger partial charge in [-0.1, -0.05) is 137 Å². The maximum Gasteiger partial charge on any atom is 4.00 e. The van der Waals surface area contributed by atoms with Crippen molar-refractivity contribution >= 4 is 47.3 Å². The number of halogens is 2. The van der Waals surface area contributed by atoms with E-state index < -0.39 is 5.91 Å². The van der Waals surface area contributed by atoms with E-state index in [1.165, 1.54) is 31.9 Å². The molecule has 0 unspecified atom stereocenters. The summed E-state index contributed by atoms with van der Waals surface area (Å²) >= 11 is 0. The second kappa shape index (κ2) is 17.7. The normalized spacial score (nSPS) is 9.45. The molecule has 0 spiro atoms. The molecule has 198 valence electrons. The van der Waals surface area contributed by atoms with Crippen LogP contribution in [-0.4, -0.2) is 15.4 Å². The standard InChI is InChI=1S/C13H9.C12H10Si.C9H11NO.2ClH.Hf/c1-3-7-12-10(5-1)9-11-6-2-4-8-13(11)12;1-3-7-11(8-4-1)13-12-9-5-2-6-10-12;1-6-3-7(2)5-8(4-6)9(10)11;;;/h1-9H;1-10H;3-5H,1-2H3,(H2,10,11);2*1H;/q-1;;;;;+4/p-3. The molecule has 6 aromatic carbocycles. The van der Waals surface area contributed by atoms with Crippen LogP contribution in [0.1, 0.15) is 21.5 Å². The van der Waals surface area contributed by atoms with Gasteiger partial charge in [0, 0.05) is 0 Å². The zero-order valence-corrected chi connectivity index (χ0v) is 28.5. The minimum atomic E-state index is -0.614. The third-order valence-corrected chi connectivity index (χ3v) is 7.09. The first-order chi connectivity index (χ1) is 18.0. The van der Waals surface area contributed by atoms with E-state index in [0.717, 1.165) is 20.6 Å². The van der Waals surface area contributed by atoms with Crippen LogP contribution >= 0.6 is 0 Å². The van der Waals surface area contributed by atoms with Crippen LogP contribution in [0.4, 0.5) is 0 Å². The largest absolute Gasteiger partial charge is 4.00 e. The van der Waals surface area contributed by atoms with Crippen molar-refractivity contribution < 1.29 is 55.5 Å². The Morgan fingerprint density at radius 3 is 1.38 bits per heavy atom. The van der Waals surface area contributed by atoms with E-state index in [1.54, 1.807) is 12.1 Å². The van der Waals surface area contributed by atoms with E-state index in [4.69, 9.17) is 5.73 Å². The molecular formula is C34H29Cl2HfNOSi. The van der Waals surface area contributed by atoms with Gasteiger partial charge in [-0.15, -0.1) is 39.7 Å². The quantitative estimate of drug-likeness (QED) is 0.201. The number of carbonyl (C=O) groups excluding carboxylic acids is 1. The maximum absolute atomic E-state index is 10.6. The molecule has 0 aliphatic carbocycles. The summed E-state index contributed by atoms with van der Waals surface area (Å²) in [7, 11) is 0.777. The molecule has 1 amide bonds. The number of nitrogens with one attached hydrogen (secondary N) is 1. The van der Waals surface area contributed by atoms with Gasteiger partial charge in [0.05, 0.1) is 5.91 Å². The Morgan fingerprint density at radius 2 is 0.975 bits per heavy atom. The zero-order chi connectivity index (χ0) is 26.0. The Morgan fingerprint density at radius 1 is 0.600 bits per heavy atom. The molecule has 0 saturated carbocycles. The molecule has 0 aliphatic rings. The van der Waals surface area contributed by atoms with E-state index in [9.17, 15) is 4.79 Å². The smallest absolute Gasteiger partial charge is 1.00 e. The third-order valence-electron chi connectivity index (χ3n) is 5.84. The molecular weight excluding hydrogens is 716 g/mol. The molecule has 2 radical (unpaired) electrons. The number of fused-ring (bicyclic) bond motifs is 3. The molecule has 0 aliphatic heterocycles. The minimum absolute atomic E-state index is 0. The second-order valence-electron chi connectivity index (χ2n) is 8.88. The fourth-order valence-electron chi connectivity index (χ4n) is 4.22. The summed E-state index contributed by atoms with van der Waals surface area (Å²) in [6.07, 6.45) is 0. The summed E-state index contributed by atoms with van der Waals surface area (Å²) in [4.78, 5) is 10.6. The van der Waals surface area contributed by atoms with Crippen LogP contribution in [0.15, 0.2) is 133 Å². The van der Waals surface area contributed by atoms with E-state index in [-0.39, 0.29) is 50.7 Å². The minimum Gasteiger partial charge on any atom is -1.00 e. The van der Waals surface area contributed by atoms with Crippen molar-refractivity contribution in [3.05, 3.63) is 156 Å². The first kappa shape index (κ1) is 35.1. The van der Waals surface area contributed by atoms with Crippen LogP contribution in [0.3, 0.4) is 0 Å². The van der Waals surface area contributed by atoms with Gasteiger partial charge in [-0.3, -0.25) is 0 Å². The summed E-state index contributed by atoms with van der Waals surface area (Å²) in [5, 5.41) is 8.19. The summed E-state index contributed by atoms with van der Waals surface area (Å²) in [6.45, 7) is 3.83. The SMILES string of the molecule is Cc1cc(C)cc(C([NH-])=O)c1.[Cl-].[Cl-].[Hf+4].c1ccc([Si]c2ccccc2)cc1.c1ccc2c(c1)[cH-]c1ccccc12. The van der Waals surface area contributed by atoms with Gasteiger partial charge in [-0.05, 0) is 19.4 Å². The maximum atomic E-state index is 10.6. The van der Waals surface area contributed by atoms with Gasteiger partial charge in [0.2, 0.25) is 0 Å². The number of rotatable bonds is 3. The number of carbonyl (C=O) groups is 1. The van der Waals surface area contributed by atoms with Gasteiger partial charge < -0.3 is 35.3 Å². The van der Waals surface area contributed by atoms with Gasteiger partial charge in [0.25, 0.3) is 0 Å². The molecule has 0 bridgehead atoms. The van der Waals surface area contributed by atoms with Crippen molar-refractivity contribution in [2.75, 3.05) is 0 Å². The Hall–Kier alpha value is -2.89. The van der Waals surface area contributed by atoms with Gasteiger partial charge in [-0.2, -0.15) is 0 Å². The molecule has 0 atom stereocenters. The average Bonchev–Trinajstić information content (AvgIpc) is 3.29. The fraction of sp³-hybridized carbons (Fsp3) is 0.0588. The van der Waals surface area contributed by atoms with Crippen LogP contribution in [0, 0.1) is 13.8 Å². The van der Waals surface area contributed by atoms with Crippen molar-refractivity contribution in [3.8, 4) is 0 Å².